The molecule has 0 radical (unpaired) electrons. The van der Waals surface area contributed by atoms with Crippen LogP contribution in [-0.2, 0) is 21.4 Å². The molecule has 6 nitrogen and oxygen atoms in total. The maximum absolute atomic E-state index is 14.5. The standard InChI is InChI=1S/C31H29Cl2F4N3O3/c1-19(8-11-39-29(41)28-26(32)17-38-18-27(28)33)40-12-9-21(10-13-40)30(42-14-15-43-30)25-7-6-23(34)16-24(25)20-2-4-22(5-3-20)31(35,36)37/h2-7,14-19,21H,8-13H2,1H3,(H,39,41). The fourth-order valence-corrected chi connectivity index (χ4v) is 6.27. The summed E-state index contributed by atoms with van der Waals surface area (Å²) in [6, 6.07) is 8.94. The van der Waals surface area contributed by atoms with Gasteiger partial charge < -0.3 is 19.7 Å². The molecular weight excluding hydrogens is 609 g/mol. The van der Waals surface area contributed by atoms with Crippen LogP contribution in [0.2, 0.25) is 10.0 Å². The number of carbonyl (C=O) groups is 1. The van der Waals surface area contributed by atoms with Crippen molar-refractivity contribution in [1.82, 2.24) is 15.2 Å². The van der Waals surface area contributed by atoms with Crippen molar-refractivity contribution in [3.63, 3.8) is 0 Å². The summed E-state index contributed by atoms with van der Waals surface area (Å²) in [4.78, 5) is 18.8. The molecule has 228 valence electrons. The first-order valence-corrected chi connectivity index (χ1v) is 14.5. The van der Waals surface area contributed by atoms with E-state index in [4.69, 9.17) is 32.7 Å². The minimum atomic E-state index is -4.48. The van der Waals surface area contributed by atoms with E-state index < -0.39 is 23.3 Å². The van der Waals surface area contributed by atoms with Gasteiger partial charge in [0.05, 0.1) is 21.2 Å². The number of rotatable bonds is 8. The Morgan fingerprint density at radius 2 is 1.70 bits per heavy atom. The molecule has 2 aliphatic rings. The van der Waals surface area contributed by atoms with Gasteiger partial charge >= 0.3 is 6.18 Å². The molecule has 0 spiro atoms. The van der Waals surface area contributed by atoms with Gasteiger partial charge in [-0.3, -0.25) is 9.78 Å². The van der Waals surface area contributed by atoms with Gasteiger partial charge in [-0.25, -0.2) is 4.39 Å². The van der Waals surface area contributed by atoms with Crippen LogP contribution in [0.25, 0.3) is 11.1 Å². The van der Waals surface area contributed by atoms with Crippen molar-refractivity contribution in [1.29, 1.82) is 0 Å². The summed E-state index contributed by atoms with van der Waals surface area (Å²) in [6.45, 7) is 3.93. The number of halogens is 6. The Hall–Kier alpha value is -3.34. The van der Waals surface area contributed by atoms with Crippen LogP contribution in [-0.4, -0.2) is 41.5 Å². The molecule has 1 unspecified atom stereocenters. The van der Waals surface area contributed by atoms with E-state index in [1.54, 1.807) is 6.07 Å². The zero-order valence-corrected chi connectivity index (χ0v) is 24.6. The first-order valence-electron chi connectivity index (χ1n) is 13.8. The minimum absolute atomic E-state index is 0.125. The number of ether oxygens (including phenoxy) is 2. The number of hydrogen-bond donors (Lipinski definition) is 1. The van der Waals surface area contributed by atoms with E-state index >= 15 is 0 Å². The number of hydrogen-bond acceptors (Lipinski definition) is 5. The largest absolute Gasteiger partial charge is 0.452 e. The number of pyridine rings is 1. The van der Waals surface area contributed by atoms with E-state index in [2.05, 4.69) is 22.1 Å². The molecule has 1 N–H and O–H groups in total. The predicted octanol–water partition coefficient (Wildman–Crippen LogP) is 7.80. The van der Waals surface area contributed by atoms with E-state index in [0.717, 1.165) is 12.1 Å². The lowest BCUT2D eigenvalue weighted by molar-refractivity contribution is -0.201. The lowest BCUT2D eigenvalue weighted by Crippen LogP contribution is -2.47. The maximum Gasteiger partial charge on any atom is 0.416 e. The number of amides is 1. The Morgan fingerprint density at radius 1 is 1.07 bits per heavy atom. The highest BCUT2D eigenvalue weighted by Crippen LogP contribution is 2.47. The fraction of sp³-hybridized carbons (Fsp3) is 0.355. The normalized spacial score (nSPS) is 17.7. The quantitative estimate of drug-likeness (QED) is 0.255. The molecular formula is C31H29Cl2F4N3O3. The molecule has 1 fully saturated rings. The van der Waals surface area contributed by atoms with Crippen molar-refractivity contribution < 1.29 is 31.8 Å². The lowest BCUT2D eigenvalue weighted by atomic mass is 9.80. The molecule has 1 saturated heterocycles. The molecule has 2 aromatic carbocycles. The van der Waals surface area contributed by atoms with Crippen LogP contribution in [0.15, 0.2) is 67.4 Å². The first-order chi connectivity index (χ1) is 20.5. The van der Waals surface area contributed by atoms with Gasteiger partial charge in [0, 0.05) is 36.5 Å². The number of piperidine rings is 1. The van der Waals surface area contributed by atoms with E-state index in [1.165, 1.54) is 49.2 Å². The number of alkyl halides is 3. The second-order valence-corrected chi connectivity index (χ2v) is 11.4. The monoisotopic (exact) mass is 637 g/mol. The Labute approximate surface area is 256 Å². The van der Waals surface area contributed by atoms with Crippen LogP contribution in [0.3, 0.4) is 0 Å². The van der Waals surface area contributed by atoms with Gasteiger partial charge in [-0.15, -0.1) is 0 Å². The number of benzene rings is 2. The van der Waals surface area contributed by atoms with Gasteiger partial charge in [0.2, 0.25) is 0 Å². The molecule has 0 bridgehead atoms. The van der Waals surface area contributed by atoms with Crippen LogP contribution in [0, 0.1) is 11.7 Å². The SMILES string of the molecule is CC(CCNC(=O)c1c(Cl)cncc1Cl)N1CCC(C2(c3ccc(F)cc3-c3ccc(C(F)(F)F)cc3)OC=CO2)CC1. The summed E-state index contributed by atoms with van der Waals surface area (Å²) in [5.41, 5.74) is 0.770. The summed E-state index contributed by atoms with van der Waals surface area (Å²) in [5, 5.41) is 3.23. The number of likely N-dealkylation sites (tertiary alicyclic amines) is 1. The highest BCUT2D eigenvalue weighted by Gasteiger charge is 2.49. The molecule has 1 aromatic heterocycles. The third kappa shape index (κ3) is 6.61. The first kappa shape index (κ1) is 31.1. The van der Waals surface area contributed by atoms with Crippen molar-refractivity contribution in [2.45, 2.75) is 44.2 Å². The fourth-order valence-electron chi connectivity index (χ4n) is 5.74. The number of aromatic nitrogens is 1. The lowest BCUT2D eigenvalue weighted by Gasteiger charge is -2.43. The molecule has 0 aliphatic carbocycles. The Bertz CT molecular complexity index is 1460. The molecule has 3 aromatic rings. The topological polar surface area (TPSA) is 63.7 Å². The van der Waals surface area contributed by atoms with Crippen molar-refractivity contribution in [3.8, 4) is 11.1 Å². The minimum Gasteiger partial charge on any atom is -0.452 e. The van der Waals surface area contributed by atoms with Gasteiger partial charge in [0.15, 0.2) is 0 Å². The molecule has 12 heteroatoms. The van der Waals surface area contributed by atoms with Crippen molar-refractivity contribution >= 4 is 29.1 Å². The van der Waals surface area contributed by atoms with Crippen LogP contribution in [0.1, 0.15) is 47.7 Å². The van der Waals surface area contributed by atoms with E-state index in [0.29, 0.717) is 55.6 Å². The van der Waals surface area contributed by atoms with Crippen LogP contribution in [0.5, 0.6) is 0 Å². The maximum atomic E-state index is 14.5. The zero-order chi connectivity index (χ0) is 30.8. The number of nitrogens with zero attached hydrogens (tertiary/aromatic N) is 2. The van der Waals surface area contributed by atoms with Gasteiger partial charge in [0.1, 0.15) is 18.3 Å². The average Bonchev–Trinajstić information content (AvgIpc) is 3.48. The van der Waals surface area contributed by atoms with Crippen LogP contribution in [0.4, 0.5) is 17.6 Å². The Kier molecular flexibility index (Phi) is 9.20. The molecule has 1 atom stereocenters. The zero-order valence-electron chi connectivity index (χ0n) is 23.1. The molecule has 0 saturated carbocycles. The van der Waals surface area contributed by atoms with Gasteiger partial charge in [0.25, 0.3) is 11.7 Å². The van der Waals surface area contributed by atoms with E-state index in [-0.39, 0.29) is 33.5 Å². The average molecular weight is 638 g/mol. The number of nitrogens with one attached hydrogen (secondary N) is 1. The Morgan fingerprint density at radius 3 is 2.30 bits per heavy atom. The summed E-state index contributed by atoms with van der Waals surface area (Å²) in [7, 11) is 0. The summed E-state index contributed by atoms with van der Waals surface area (Å²) in [5.74, 6) is -2.27. The summed E-state index contributed by atoms with van der Waals surface area (Å²) in [6.07, 6.45) is 3.20. The van der Waals surface area contributed by atoms with E-state index in [9.17, 15) is 22.4 Å². The molecule has 5 rings (SSSR count). The van der Waals surface area contributed by atoms with Crippen LogP contribution < -0.4 is 5.32 Å². The van der Waals surface area contributed by atoms with Gasteiger partial charge in [-0.05, 0) is 80.7 Å². The highest BCUT2D eigenvalue weighted by molar-refractivity contribution is 6.39. The van der Waals surface area contributed by atoms with Gasteiger partial charge in [-0.1, -0.05) is 35.3 Å². The van der Waals surface area contributed by atoms with Crippen molar-refractivity contribution in [3.05, 3.63) is 99.9 Å². The molecule has 2 aliphatic heterocycles. The predicted molar refractivity (Wildman–Crippen MR) is 155 cm³/mol. The summed E-state index contributed by atoms with van der Waals surface area (Å²) >= 11 is 12.2. The van der Waals surface area contributed by atoms with Gasteiger partial charge in [-0.2, -0.15) is 13.2 Å². The highest BCUT2D eigenvalue weighted by atomic mass is 35.5. The summed E-state index contributed by atoms with van der Waals surface area (Å²) < 4.78 is 66.1. The Balaban J connectivity index is 1.26. The van der Waals surface area contributed by atoms with Crippen LogP contribution >= 0.6 is 23.2 Å². The number of carbonyl (C=O) groups excluding carboxylic acids is 1. The van der Waals surface area contributed by atoms with Crippen molar-refractivity contribution in [2.75, 3.05) is 19.6 Å². The van der Waals surface area contributed by atoms with E-state index in [1.807, 2.05) is 0 Å². The third-order valence-electron chi connectivity index (χ3n) is 8.04. The second kappa shape index (κ2) is 12.7. The third-order valence-corrected chi connectivity index (χ3v) is 8.61. The molecule has 1 amide bonds. The van der Waals surface area contributed by atoms with Crippen molar-refractivity contribution in [2.24, 2.45) is 5.92 Å². The smallest absolute Gasteiger partial charge is 0.416 e. The molecule has 3 heterocycles. The molecule has 43 heavy (non-hydrogen) atoms. The second-order valence-electron chi connectivity index (χ2n) is 10.6.